The third-order valence-electron chi connectivity index (χ3n) is 1.43. The quantitative estimate of drug-likeness (QED) is 0.354. The number of carbonyl (C=O) groups excluding carboxylic acids is 1. The average Bonchev–Trinajstić information content (AvgIpc) is 2.03. The second-order valence-electron chi connectivity index (χ2n) is 2.55. The van der Waals surface area contributed by atoms with Gasteiger partial charge in [0.1, 0.15) is 6.10 Å². The third-order valence-corrected chi connectivity index (χ3v) is 1.43. The molecule has 0 spiro atoms. The standard InChI is InChI=1S/C8H16N2O2/c1-2-3-4-5-10-6-7(11)8(9)12/h2,7,10-11H,1,3-6H2,(H2,9,12). The molecular formula is C8H16N2O2. The van der Waals surface area contributed by atoms with E-state index in [4.69, 9.17) is 10.8 Å². The lowest BCUT2D eigenvalue weighted by molar-refractivity contribution is -0.125. The highest BCUT2D eigenvalue weighted by molar-refractivity contribution is 5.78. The molecule has 0 aliphatic carbocycles. The minimum absolute atomic E-state index is 0.229. The molecule has 0 fully saturated rings. The van der Waals surface area contributed by atoms with Gasteiger partial charge in [0.2, 0.25) is 5.91 Å². The molecule has 0 rings (SSSR count). The number of carbonyl (C=O) groups is 1. The van der Waals surface area contributed by atoms with Crippen molar-refractivity contribution in [1.82, 2.24) is 5.32 Å². The molecule has 0 aromatic carbocycles. The SMILES string of the molecule is C=CCCCNCC(O)C(N)=O. The van der Waals surface area contributed by atoms with Crippen molar-refractivity contribution in [3.63, 3.8) is 0 Å². The van der Waals surface area contributed by atoms with Gasteiger partial charge < -0.3 is 16.2 Å². The summed E-state index contributed by atoms with van der Waals surface area (Å²) in [6.45, 7) is 4.56. The monoisotopic (exact) mass is 172 g/mol. The molecule has 0 aromatic heterocycles. The fourth-order valence-electron chi connectivity index (χ4n) is 0.711. The molecule has 0 bridgehead atoms. The van der Waals surface area contributed by atoms with E-state index < -0.39 is 12.0 Å². The lowest BCUT2D eigenvalue weighted by Gasteiger charge is -2.06. The van der Waals surface area contributed by atoms with E-state index in [0.29, 0.717) is 0 Å². The van der Waals surface area contributed by atoms with E-state index in [9.17, 15) is 4.79 Å². The number of hydrogen-bond donors (Lipinski definition) is 3. The maximum absolute atomic E-state index is 10.3. The van der Waals surface area contributed by atoms with E-state index in [-0.39, 0.29) is 6.54 Å². The van der Waals surface area contributed by atoms with E-state index in [1.165, 1.54) is 0 Å². The topological polar surface area (TPSA) is 75.3 Å². The van der Waals surface area contributed by atoms with Crippen molar-refractivity contribution in [3.05, 3.63) is 12.7 Å². The number of allylic oxidation sites excluding steroid dienone is 1. The van der Waals surface area contributed by atoms with Crippen LogP contribution in [0.5, 0.6) is 0 Å². The van der Waals surface area contributed by atoms with E-state index in [2.05, 4.69) is 11.9 Å². The van der Waals surface area contributed by atoms with Gasteiger partial charge >= 0.3 is 0 Å². The van der Waals surface area contributed by atoms with Crippen molar-refractivity contribution < 1.29 is 9.90 Å². The molecule has 1 unspecified atom stereocenters. The first-order valence-corrected chi connectivity index (χ1v) is 3.97. The van der Waals surface area contributed by atoms with Gasteiger partial charge in [-0.15, -0.1) is 6.58 Å². The van der Waals surface area contributed by atoms with Crippen LogP contribution in [0, 0.1) is 0 Å². The first kappa shape index (κ1) is 11.1. The summed E-state index contributed by atoms with van der Waals surface area (Å²) in [5.41, 5.74) is 4.83. The Balaban J connectivity index is 3.19. The number of amides is 1. The van der Waals surface area contributed by atoms with Crippen LogP contribution < -0.4 is 11.1 Å². The summed E-state index contributed by atoms with van der Waals surface area (Å²) in [7, 11) is 0. The van der Waals surface area contributed by atoms with Crippen LogP contribution in [0.25, 0.3) is 0 Å². The molecule has 1 amide bonds. The van der Waals surface area contributed by atoms with Crippen LogP contribution in [0.4, 0.5) is 0 Å². The van der Waals surface area contributed by atoms with Crippen LogP contribution in [0.3, 0.4) is 0 Å². The summed E-state index contributed by atoms with van der Waals surface area (Å²) in [5.74, 6) is -0.689. The van der Waals surface area contributed by atoms with Crippen LogP contribution in [-0.2, 0) is 4.79 Å². The Morgan fingerprint density at radius 3 is 2.92 bits per heavy atom. The summed E-state index contributed by atoms with van der Waals surface area (Å²) in [4.78, 5) is 10.3. The number of hydrogen-bond acceptors (Lipinski definition) is 3. The predicted molar refractivity (Wildman–Crippen MR) is 47.5 cm³/mol. The summed E-state index contributed by atoms with van der Waals surface area (Å²) in [5, 5.41) is 11.8. The molecule has 0 heterocycles. The number of rotatable bonds is 7. The molecule has 0 aliphatic heterocycles. The van der Waals surface area contributed by atoms with Gasteiger partial charge in [-0.1, -0.05) is 6.08 Å². The van der Waals surface area contributed by atoms with E-state index >= 15 is 0 Å². The summed E-state index contributed by atoms with van der Waals surface area (Å²) >= 11 is 0. The molecule has 1 atom stereocenters. The number of nitrogens with two attached hydrogens (primary N) is 1. The van der Waals surface area contributed by atoms with Gasteiger partial charge in [-0.3, -0.25) is 4.79 Å². The van der Waals surface area contributed by atoms with Gasteiger partial charge in [0, 0.05) is 6.54 Å². The average molecular weight is 172 g/mol. The second-order valence-corrected chi connectivity index (χ2v) is 2.55. The molecule has 4 nitrogen and oxygen atoms in total. The van der Waals surface area contributed by atoms with E-state index in [0.717, 1.165) is 19.4 Å². The highest BCUT2D eigenvalue weighted by Crippen LogP contribution is 1.86. The third kappa shape index (κ3) is 5.88. The van der Waals surface area contributed by atoms with Crippen molar-refractivity contribution in [2.24, 2.45) is 5.73 Å². The fourth-order valence-corrected chi connectivity index (χ4v) is 0.711. The number of aliphatic hydroxyl groups is 1. The highest BCUT2D eigenvalue weighted by Gasteiger charge is 2.08. The second kappa shape index (κ2) is 6.82. The zero-order chi connectivity index (χ0) is 9.40. The largest absolute Gasteiger partial charge is 0.382 e. The smallest absolute Gasteiger partial charge is 0.247 e. The Morgan fingerprint density at radius 1 is 1.75 bits per heavy atom. The maximum atomic E-state index is 10.3. The van der Waals surface area contributed by atoms with Crippen molar-refractivity contribution in [1.29, 1.82) is 0 Å². The van der Waals surface area contributed by atoms with Gasteiger partial charge in [-0.05, 0) is 19.4 Å². The molecule has 0 radical (unpaired) electrons. The molecule has 0 aliphatic rings. The van der Waals surface area contributed by atoms with Gasteiger partial charge in [0.05, 0.1) is 0 Å². The first-order valence-electron chi connectivity index (χ1n) is 3.97. The van der Waals surface area contributed by atoms with Crippen molar-refractivity contribution >= 4 is 5.91 Å². The lowest BCUT2D eigenvalue weighted by atomic mass is 10.3. The summed E-state index contributed by atoms with van der Waals surface area (Å²) in [6.07, 6.45) is 2.63. The number of primary amides is 1. The van der Waals surface area contributed by atoms with Crippen molar-refractivity contribution in [2.45, 2.75) is 18.9 Å². The van der Waals surface area contributed by atoms with Crippen LogP contribution in [0.1, 0.15) is 12.8 Å². The van der Waals surface area contributed by atoms with Crippen LogP contribution in [0.15, 0.2) is 12.7 Å². The zero-order valence-electron chi connectivity index (χ0n) is 7.12. The van der Waals surface area contributed by atoms with Crippen molar-refractivity contribution in [3.8, 4) is 0 Å². The highest BCUT2D eigenvalue weighted by atomic mass is 16.3. The Labute approximate surface area is 72.4 Å². The molecule has 0 aromatic rings. The number of aliphatic hydroxyl groups excluding tert-OH is 1. The van der Waals surface area contributed by atoms with Crippen LogP contribution in [0.2, 0.25) is 0 Å². The van der Waals surface area contributed by atoms with Crippen molar-refractivity contribution in [2.75, 3.05) is 13.1 Å². The number of nitrogens with one attached hydrogen (secondary N) is 1. The number of unbranched alkanes of at least 4 members (excludes halogenated alkanes) is 1. The molecule has 0 saturated carbocycles. The molecule has 4 N–H and O–H groups in total. The normalized spacial score (nSPS) is 12.4. The Morgan fingerprint density at radius 2 is 2.42 bits per heavy atom. The Kier molecular flexibility index (Phi) is 6.32. The molecule has 70 valence electrons. The maximum Gasteiger partial charge on any atom is 0.247 e. The minimum Gasteiger partial charge on any atom is -0.382 e. The predicted octanol–water partition coefficient (Wildman–Crippen LogP) is -0.612. The van der Waals surface area contributed by atoms with E-state index in [1.807, 2.05) is 6.08 Å². The van der Waals surface area contributed by atoms with Gasteiger partial charge in [0.25, 0.3) is 0 Å². The van der Waals surface area contributed by atoms with Gasteiger partial charge in [0.15, 0.2) is 0 Å². The molecule has 4 heteroatoms. The molecule has 12 heavy (non-hydrogen) atoms. The minimum atomic E-state index is -1.08. The van der Waals surface area contributed by atoms with Crippen LogP contribution >= 0.6 is 0 Å². The molecule has 0 saturated heterocycles. The lowest BCUT2D eigenvalue weighted by Crippen LogP contribution is -2.37. The van der Waals surface area contributed by atoms with Gasteiger partial charge in [-0.2, -0.15) is 0 Å². The van der Waals surface area contributed by atoms with Crippen LogP contribution in [-0.4, -0.2) is 30.2 Å². The Bertz CT molecular complexity index is 148. The fraction of sp³-hybridized carbons (Fsp3) is 0.625. The summed E-state index contributed by atoms with van der Waals surface area (Å²) in [6, 6.07) is 0. The zero-order valence-corrected chi connectivity index (χ0v) is 7.12. The van der Waals surface area contributed by atoms with Gasteiger partial charge in [-0.25, -0.2) is 0 Å². The molecular weight excluding hydrogens is 156 g/mol. The van der Waals surface area contributed by atoms with E-state index in [1.54, 1.807) is 0 Å². The first-order chi connectivity index (χ1) is 5.68. The summed E-state index contributed by atoms with van der Waals surface area (Å²) < 4.78 is 0. The Hall–Kier alpha value is -0.870.